The molecule has 0 saturated carbocycles. The predicted molar refractivity (Wildman–Crippen MR) is 132 cm³/mol. The molecule has 0 radical (unpaired) electrons. The second-order valence-corrected chi connectivity index (χ2v) is 9.79. The molecular formula is C25H26F3N5O2S. The first-order valence-electron chi connectivity index (χ1n) is 11.5. The van der Waals surface area contributed by atoms with Crippen LogP contribution in [-0.4, -0.2) is 71.0 Å². The second-order valence-electron chi connectivity index (χ2n) is 8.73. The lowest BCUT2D eigenvalue weighted by atomic mass is 10.0. The van der Waals surface area contributed by atoms with Crippen LogP contribution in [0.3, 0.4) is 0 Å². The summed E-state index contributed by atoms with van der Waals surface area (Å²) in [7, 11) is 1.98. The fourth-order valence-corrected chi connectivity index (χ4v) is 4.79. The van der Waals surface area contributed by atoms with Crippen LogP contribution < -0.4 is 5.32 Å². The third-order valence-corrected chi connectivity index (χ3v) is 7.14. The molecule has 1 aliphatic rings. The van der Waals surface area contributed by atoms with Gasteiger partial charge < -0.3 is 10.2 Å². The Labute approximate surface area is 210 Å². The van der Waals surface area contributed by atoms with E-state index in [0.717, 1.165) is 36.9 Å². The van der Waals surface area contributed by atoms with E-state index in [1.165, 1.54) is 11.3 Å². The van der Waals surface area contributed by atoms with Crippen LogP contribution in [0.2, 0.25) is 0 Å². The summed E-state index contributed by atoms with van der Waals surface area (Å²) in [6.07, 6.45) is -4.80. The molecule has 0 bridgehead atoms. The van der Waals surface area contributed by atoms with Gasteiger partial charge in [-0.3, -0.25) is 14.5 Å². The van der Waals surface area contributed by atoms with E-state index in [1.54, 1.807) is 6.92 Å². The Kier molecular flexibility index (Phi) is 7.82. The van der Waals surface area contributed by atoms with Crippen LogP contribution in [0, 0.1) is 0 Å². The lowest BCUT2D eigenvalue weighted by Gasteiger charge is -2.35. The molecule has 1 fully saturated rings. The van der Waals surface area contributed by atoms with E-state index in [2.05, 4.69) is 20.4 Å². The number of carbonyl (C=O) groups is 2. The molecule has 1 atom stereocenters. The number of anilines is 1. The molecule has 11 heteroatoms. The number of halogens is 3. The summed E-state index contributed by atoms with van der Waals surface area (Å²) in [6, 6.07) is 11.8. The number of ketones is 1. The summed E-state index contributed by atoms with van der Waals surface area (Å²) in [4.78, 5) is 29.8. The Hall–Kier alpha value is -3.15. The van der Waals surface area contributed by atoms with Crippen LogP contribution in [0.1, 0.15) is 27.9 Å². The number of alkyl halides is 3. The lowest BCUT2D eigenvalue weighted by Crippen LogP contribution is -2.51. The van der Waals surface area contributed by atoms with Crippen molar-refractivity contribution in [3.63, 3.8) is 0 Å². The highest BCUT2D eigenvalue weighted by Gasteiger charge is 2.35. The number of benzene rings is 2. The van der Waals surface area contributed by atoms with E-state index in [9.17, 15) is 22.8 Å². The minimum atomic E-state index is -4.69. The Morgan fingerprint density at radius 2 is 1.75 bits per heavy atom. The van der Waals surface area contributed by atoms with Crippen molar-refractivity contribution >= 4 is 28.7 Å². The van der Waals surface area contributed by atoms with Crippen molar-refractivity contribution in [3.05, 3.63) is 64.7 Å². The molecule has 190 valence electrons. The summed E-state index contributed by atoms with van der Waals surface area (Å²) < 4.78 is 41.0. The van der Waals surface area contributed by atoms with Crippen molar-refractivity contribution in [3.8, 4) is 10.6 Å². The smallest absolute Gasteiger partial charge is 0.324 e. The lowest BCUT2D eigenvalue weighted by molar-refractivity contribution is -0.137. The van der Waals surface area contributed by atoms with Gasteiger partial charge in [-0.1, -0.05) is 47.7 Å². The molecule has 36 heavy (non-hydrogen) atoms. The zero-order valence-corrected chi connectivity index (χ0v) is 20.7. The normalized spacial score (nSPS) is 16.0. The third-order valence-electron chi connectivity index (χ3n) is 6.17. The highest BCUT2D eigenvalue weighted by Crippen LogP contribution is 2.36. The molecule has 0 aliphatic carbocycles. The number of nitrogens with zero attached hydrogens (tertiary/aromatic N) is 4. The minimum absolute atomic E-state index is 0.0574. The Morgan fingerprint density at radius 1 is 1.06 bits per heavy atom. The van der Waals surface area contributed by atoms with Gasteiger partial charge in [0.1, 0.15) is 10.0 Å². The van der Waals surface area contributed by atoms with Crippen LogP contribution in [0.15, 0.2) is 48.5 Å². The van der Waals surface area contributed by atoms with E-state index in [0.29, 0.717) is 23.1 Å². The second kappa shape index (κ2) is 10.9. The molecule has 1 aromatic heterocycles. The van der Waals surface area contributed by atoms with Crippen molar-refractivity contribution in [2.75, 3.05) is 38.5 Å². The van der Waals surface area contributed by atoms with Crippen molar-refractivity contribution in [1.82, 2.24) is 20.0 Å². The molecule has 7 nitrogen and oxygen atoms in total. The number of nitrogens with one attached hydrogen (secondary N) is 1. The molecule has 2 aromatic carbocycles. The maximum absolute atomic E-state index is 13.7. The van der Waals surface area contributed by atoms with Crippen molar-refractivity contribution < 1.29 is 22.8 Å². The van der Waals surface area contributed by atoms with Gasteiger partial charge in [0, 0.05) is 37.3 Å². The van der Waals surface area contributed by atoms with E-state index >= 15 is 0 Å². The number of rotatable bonds is 7. The molecule has 4 rings (SSSR count). The maximum Gasteiger partial charge on any atom is 0.418 e. The van der Waals surface area contributed by atoms with E-state index in [-0.39, 0.29) is 12.0 Å². The first-order chi connectivity index (χ1) is 17.1. The van der Waals surface area contributed by atoms with E-state index in [4.69, 9.17) is 0 Å². The van der Waals surface area contributed by atoms with Crippen LogP contribution in [-0.2, 0) is 17.4 Å². The average Bonchev–Trinajstić information content (AvgIpc) is 3.32. The molecule has 1 aliphatic heterocycles. The van der Waals surface area contributed by atoms with Gasteiger partial charge in [0.05, 0.1) is 23.7 Å². The number of Topliss-reactive ketones (excluding diaryl/α,β-unsaturated/α-hetero) is 1. The molecule has 1 N–H and O–H groups in total. The van der Waals surface area contributed by atoms with Crippen molar-refractivity contribution in [1.29, 1.82) is 0 Å². The van der Waals surface area contributed by atoms with Gasteiger partial charge in [-0.2, -0.15) is 13.2 Å². The quantitative estimate of drug-likeness (QED) is 0.473. The van der Waals surface area contributed by atoms with E-state index in [1.807, 2.05) is 42.3 Å². The topological polar surface area (TPSA) is 78.4 Å². The number of amides is 1. The zero-order valence-electron chi connectivity index (χ0n) is 19.9. The van der Waals surface area contributed by atoms with Gasteiger partial charge in [-0.25, -0.2) is 0 Å². The number of hydrogen-bond donors (Lipinski definition) is 1. The SMILES string of the molecule is CC(C(=O)Nc1cc(C(=O)Cc2nnc(-c3ccccc3)s2)ccc1C(F)(F)F)N1CCN(C)CC1. The molecule has 1 unspecified atom stereocenters. The van der Waals surface area contributed by atoms with Crippen molar-refractivity contribution in [2.24, 2.45) is 0 Å². The van der Waals surface area contributed by atoms with Crippen LogP contribution in [0.5, 0.6) is 0 Å². The summed E-state index contributed by atoms with van der Waals surface area (Å²) in [5.74, 6) is -0.964. The molecule has 0 spiro atoms. The maximum atomic E-state index is 13.7. The summed E-state index contributed by atoms with van der Waals surface area (Å²) in [6.45, 7) is 4.49. The Bertz CT molecular complexity index is 1220. The Morgan fingerprint density at radius 3 is 2.42 bits per heavy atom. The highest BCUT2D eigenvalue weighted by atomic mass is 32.1. The monoisotopic (exact) mass is 517 g/mol. The van der Waals surface area contributed by atoms with Gasteiger partial charge in [0.15, 0.2) is 5.78 Å². The first-order valence-corrected chi connectivity index (χ1v) is 12.3. The van der Waals surface area contributed by atoms with Gasteiger partial charge in [-0.05, 0) is 26.1 Å². The number of piperazine rings is 1. The van der Waals surface area contributed by atoms with Crippen LogP contribution in [0.25, 0.3) is 10.6 Å². The number of carbonyl (C=O) groups excluding carboxylic acids is 2. The molecule has 3 aromatic rings. The van der Waals surface area contributed by atoms with Crippen LogP contribution in [0.4, 0.5) is 18.9 Å². The number of likely N-dealkylation sites (N-methyl/N-ethyl adjacent to an activating group) is 1. The molecule has 1 amide bonds. The summed E-state index contributed by atoms with van der Waals surface area (Å²) in [5.41, 5.74) is -0.508. The average molecular weight is 518 g/mol. The fraction of sp³-hybridized carbons (Fsp3) is 0.360. The third kappa shape index (κ3) is 6.15. The summed E-state index contributed by atoms with van der Waals surface area (Å²) >= 11 is 1.25. The molecule has 1 saturated heterocycles. The van der Waals surface area contributed by atoms with Crippen molar-refractivity contribution in [2.45, 2.75) is 25.6 Å². The molecular weight excluding hydrogens is 491 g/mol. The van der Waals surface area contributed by atoms with Gasteiger partial charge >= 0.3 is 6.18 Å². The van der Waals surface area contributed by atoms with Gasteiger partial charge in [-0.15, -0.1) is 10.2 Å². The first kappa shape index (κ1) is 25.9. The minimum Gasteiger partial charge on any atom is -0.324 e. The van der Waals surface area contributed by atoms with Crippen LogP contribution >= 0.6 is 11.3 Å². The largest absolute Gasteiger partial charge is 0.418 e. The number of hydrogen-bond acceptors (Lipinski definition) is 7. The molecule has 2 heterocycles. The highest BCUT2D eigenvalue weighted by molar-refractivity contribution is 7.14. The summed E-state index contributed by atoms with van der Waals surface area (Å²) in [5, 5.41) is 11.7. The predicted octanol–water partition coefficient (Wildman–Crippen LogP) is 4.22. The zero-order chi connectivity index (χ0) is 25.9. The standard InChI is InChI=1S/C25H26F3N5O2S/c1-16(33-12-10-32(2)11-13-33)23(35)29-20-14-18(8-9-19(20)25(26,27)28)21(34)15-22-30-31-24(36-22)17-6-4-3-5-7-17/h3-9,14,16H,10-13,15H2,1-2H3,(H,29,35). The van der Waals surface area contributed by atoms with Gasteiger partial charge in [0.2, 0.25) is 5.91 Å². The van der Waals surface area contributed by atoms with E-state index < -0.39 is 35.2 Å². The Balaban J connectivity index is 1.51. The fourth-order valence-electron chi connectivity index (χ4n) is 3.94. The van der Waals surface area contributed by atoms with Gasteiger partial charge in [0.25, 0.3) is 0 Å². The number of aromatic nitrogens is 2.